The lowest BCUT2D eigenvalue weighted by molar-refractivity contribution is 0.416. The first kappa shape index (κ1) is 29.0. The van der Waals surface area contributed by atoms with Gasteiger partial charge in [0, 0.05) is 17.5 Å². The standard InChI is InChI=1S/C15H20N2S.C12H17N.C4H7NOS/c1-2-4-11-5-3-6-12-7-8-13(14(11)12)17-15-16-9-10-18-15;1-2-4-9-5-3-6-10-7-8-11(13)12(9)10;1-6-4-5-2-3-7-4/h3,5-6,13H,2,4,7-10H2,1H3,(H,16,17);3,5-6,11H,2,4,7-8,13H2,1H3;2-3H2,1H3. The summed E-state index contributed by atoms with van der Waals surface area (Å²) in [6.07, 6.45) is 9.54. The van der Waals surface area contributed by atoms with Gasteiger partial charge in [0.15, 0.2) is 5.17 Å². The second-order valence-electron chi connectivity index (χ2n) is 10.1. The van der Waals surface area contributed by atoms with Crippen molar-refractivity contribution in [1.82, 2.24) is 5.32 Å². The fraction of sp³-hybridized carbons (Fsp3) is 0.548. The fourth-order valence-electron chi connectivity index (χ4n) is 5.72. The number of nitrogens with one attached hydrogen (secondary N) is 1. The Balaban J connectivity index is 0.000000146. The highest BCUT2D eigenvalue weighted by Crippen LogP contribution is 2.35. The van der Waals surface area contributed by atoms with Gasteiger partial charge in [-0.2, -0.15) is 0 Å². The SMILES string of the molecule is CCCc1cccc2c1C(N)CC2.CCCc1cccc2c1C(NC1=NCCS1)CC2.COC1=NCCS1. The Morgan fingerprint density at radius 2 is 1.50 bits per heavy atom. The summed E-state index contributed by atoms with van der Waals surface area (Å²) in [4.78, 5) is 8.53. The van der Waals surface area contributed by atoms with E-state index in [-0.39, 0.29) is 0 Å². The molecule has 0 spiro atoms. The van der Waals surface area contributed by atoms with Crippen molar-refractivity contribution in [2.24, 2.45) is 15.7 Å². The molecule has 2 heterocycles. The summed E-state index contributed by atoms with van der Waals surface area (Å²) in [6.45, 7) is 6.38. The number of fused-ring (bicyclic) bond motifs is 2. The molecule has 2 atom stereocenters. The molecule has 0 radical (unpaired) electrons. The molecule has 0 amide bonds. The Hall–Kier alpha value is -1.96. The summed E-state index contributed by atoms with van der Waals surface area (Å²) >= 11 is 3.53. The van der Waals surface area contributed by atoms with Crippen molar-refractivity contribution < 1.29 is 4.74 Å². The highest BCUT2D eigenvalue weighted by atomic mass is 32.2. The van der Waals surface area contributed by atoms with Crippen molar-refractivity contribution in [3.63, 3.8) is 0 Å². The van der Waals surface area contributed by atoms with Gasteiger partial charge in [-0.3, -0.25) is 4.99 Å². The normalized spacial score (nSPS) is 20.8. The number of benzene rings is 2. The van der Waals surface area contributed by atoms with E-state index in [2.05, 4.69) is 65.5 Å². The van der Waals surface area contributed by atoms with Crippen LogP contribution in [0.15, 0.2) is 46.4 Å². The highest BCUT2D eigenvalue weighted by molar-refractivity contribution is 8.14. The monoisotopic (exact) mass is 552 g/mol. The number of aliphatic imine (C=N–C) groups is 2. The number of rotatable bonds is 5. The number of nitrogens with zero attached hydrogens (tertiary/aromatic N) is 2. The summed E-state index contributed by atoms with van der Waals surface area (Å²) in [5.41, 5.74) is 15.1. The van der Waals surface area contributed by atoms with E-state index in [0.717, 1.165) is 41.4 Å². The molecule has 4 aliphatic rings. The molecular weight excluding hydrogens is 509 g/mol. The Labute approximate surface area is 237 Å². The molecule has 38 heavy (non-hydrogen) atoms. The van der Waals surface area contributed by atoms with Gasteiger partial charge in [0.05, 0.1) is 26.2 Å². The minimum absolute atomic E-state index is 0.303. The van der Waals surface area contributed by atoms with Crippen LogP contribution < -0.4 is 11.1 Å². The first-order valence-corrected chi connectivity index (χ1v) is 16.2. The number of hydrogen-bond acceptors (Lipinski definition) is 7. The van der Waals surface area contributed by atoms with E-state index in [1.54, 1.807) is 30.0 Å². The average molecular weight is 553 g/mol. The average Bonchev–Trinajstić information content (AvgIpc) is 3.75. The molecule has 0 fully saturated rings. The van der Waals surface area contributed by atoms with Gasteiger partial charge in [-0.25, -0.2) is 4.99 Å². The number of aryl methyl sites for hydroxylation is 4. The zero-order valence-electron chi connectivity index (χ0n) is 23.3. The minimum atomic E-state index is 0.303. The smallest absolute Gasteiger partial charge is 0.245 e. The van der Waals surface area contributed by atoms with Crippen molar-refractivity contribution in [2.45, 2.75) is 77.3 Å². The largest absolute Gasteiger partial charge is 0.476 e. The van der Waals surface area contributed by atoms with Gasteiger partial charge in [-0.1, -0.05) is 86.6 Å². The van der Waals surface area contributed by atoms with Crippen LogP contribution in [-0.4, -0.2) is 42.1 Å². The van der Waals surface area contributed by atoms with Gasteiger partial charge in [-0.05, 0) is 71.9 Å². The van der Waals surface area contributed by atoms with E-state index < -0.39 is 0 Å². The fourth-order valence-corrected chi connectivity index (χ4v) is 7.16. The summed E-state index contributed by atoms with van der Waals surface area (Å²) in [6, 6.07) is 14.2. The molecule has 3 N–H and O–H groups in total. The maximum Gasteiger partial charge on any atom is 0.245 e. The van der Waals surface area contributed by atoms with Crippen molar-refractivity contribution in [2.75, 3.05) is 31.7 Å². The van der Waals surface area contributed by atoms with Gasteiger partial charge >= 0.3 is 0 Å². The molecule has 2 unspecified atom stereocenters. The zero-order valence-corrected chi connectivity index (χ0v) is 24.9. The summed E-state index contributed by atoms with van der Waals surface area (Å²) in [7, 11) is 1.65. The molecule has 2 aliphatic carbocycles. The molecule has 206 valence electrons. The second kappa shape index (κ2) is 15.0. The number of hydrogen-bond donors (Lipinski definition) is 2. The van der Waals surface area contributed by atoms with Gasteiger partial charge < -0.3 is 15.8 Å². The van der Waals surface area contributed by atoms with Crippen LogP contribution in [0.1, 0.15) is 85.0 Å². The number of ether oxygens (including phenoxy) is 1. The Bertz CT molecular complexity index is 1120. The minimum Gasteiger partial charge on any atom is -0.476 e. The predicted molar refractivity (Wildman–Crippen MR) is 167 cm³/mol. The van der Waals surface area contributed by atoms with E-state index >= 15 is 0 Å². The lowest BCUT2D eigenvalue weighted by Gasteiger charge is -2.18. The molecule has 6 rings (SSSR count). The van der Waals surface area contributed by atoms with Crippen LogP contribution in [0.25, 0.3) is 0 Å². The molecule has 0 saturated carbocycles. The third-order valence-corrected chi connectivity index (χ3v) is 9.21. The predicted octanol–water partition coefficient (Wildman–Crippen LogP) is 6.64. The second-order valence-corrected chi connectivity index (χ2v) is 12.2. The highest BCUT2D eigenvalue weighted by Gasteiger charge is 2.26. The molecule has 2 aliphatic heterocycles. The third-order valence-electron chi connectivity index (χ3n) is 7.37. The van der Waals surface area contributed by atoms with Gasteiger partial charge in [0.25, 0.3) is 0 Å². The van der Waals surface area contributed by atoms with Crippen LogP contribution in [0.2, 0.25) is 0 Å². The van der Waals surface area contributed by atoms with Gasteiger partial charge in [0.1, 0.15) is 0 Å². The van der Waals surface area contributed by atoms with Crippen molar-refractivity contribution in [3.8, 4) is 0 Å². The maximum atomic E-state index is 6.08. The van der Waals surface area contributed by atoms with Crippen molar-refractivity contribution >= 4 is 33.9 Å². The first-order chi connectivity index (χ1) is 18.6. The number of thioether (sulfide) groups is 2. The summed E-state index contributed by atoms with van der Waals surface area (Å²) < 4.78 is 4.82. The Morgan fingerprint density at radius 1 is 0.868 bits per heavy atom. The van der Waals surface area contributed by atoms with E-state index in [9.17, 15) is 0 Å². The van der Waals surface area contributed by atoms with Crippen molar-refractivity contribution in [1.29, 1.82) is 0 Å². The van der Waals surface area contributed by atoms with Crippen LogP contribution in [0.3, 0.4) is 0 Å². The zero-order chi connectivity index (χ0) is 26.7. The van der Waals surface area contributed by atoms with Crippen LogP contribution in [-0.2, 0) is 30.4 Å². The molecule has 0 saturated heterocycles. The van der Waals surface area contributed by atoms with E-state index in [0.29, 0.717) is 12.1 Å². The molecule has 7 heteroatoms. The molecule has 5 nitrogen and oxygen atoms in total. The number of methoxy groups -OCH3 is 1. The Morgan fingerprint density at radius 3 is 2.08 bits per heavy atom. The topological polar surface area (TPSA) is 72.0 Å². The molecule has 2 aromatic rings. The molecule has 2 aromatic carbocycles. The van der Waals surface area contributed by atoms with Gasteiger partial charge in [-0.15, -0.1) is 0 Å². The lowest BCUT2D eigenvalue weighted by Crippen LogP contribution is -2.24. The van der Waals surface area contributed by atoms with Crippen LogP contribution >= 0.6 is 23.5 Å². The molecule has 0 aromatic heterocycles. The quantitative estimate of drug-likeness (QED) is 0.435. The lowest BCUT2D eigenvalue weighted by atomic mass is 9.97. The maximum absolute atomic E-state index is 6.08. The van der Waals surface area contributed by atoms with Gasteiger partial charge in [0.2, 0.25) is 5.23 Å². The Kier molecular flexibility index (Phi) is 11.5. The van der Waals surface area contributed by atoms with Crippen molar-refractivity contribution in [3.05, 3.63) is 69.8 Å². The van der Waals surface area contributed by atoms with Crippen LogP contribution in [0, 0.1) is 0 Å². The molecular formula is C31H44N4OS2. The third kappa shape index (κ3) is 7.57. The van der Waals surface area contributed by atoms with E-state index in [1.165, 1.54) is 67.2 Å². The summed E-state index contributed by atoms with van der Waals surface area (Å²) in [5.74, 6) is 2.22. The molecule has 0 bridgehead atoms. The number of nitrogens with two attached hydrogens (primary N) is 1. The van der Waals surface area contributed by atoms with Crippen LogP contribution in [0.5, 0.6) is 0 Å². The summed E-state index contributed by atoms with van der Waals surface area (Å²) in [5, 5.41) is 5.63. The van der Waals surface area contributed by atoms with E-state index in [1.807, 2.05) is 11.8 Å². The first-order valence-electron chi connectivity index (χ1n) is 14.3. The number of amidine groups is 1. The van der Waals surface area contributed by atoms with E-state index in [4.69, 9.17) is 10.5 Å². The van der Waals surface area contributed by atoms with Crippen LogP contribution in [0.4, 0.5) is 0 Å².